The third kappa shape index (κ3) is 5.62. The van der Waals surface area contributed by atoms with Gasteiger partial charge in [0.2, 0.25) is 10.0 Å². The molecule has 0 radical (unpaired) electrons. The van der Waals surface area contributed by atoms with Gasteiger partial charge in [0.05, 0.1) is 16.9 Å². The molecule has 34 heavy (non-hydrogen) atoms. The Bertz CT molecular complexity index is 1240. The monoisotopic (exact) mass is 498 g/mol. The number of benzene rings is 2. The number of alkyl halides is 3. The first kappa shape index (κ1) is 24.3. The Balaban J connectivity index is 1.24. The molecule has 4 rings (SSSR count). The highest BCUT2D eigenvalue weighted by Crippen LogP contribution is 2.34. The van der Waals surface area contributed by atoms with E-state index in [1.165, 1.54) is 18.2 Å². The van der Waals surface area contributed by atoms with E-state index in [9.17, 15) is 26.7 Å². The van der Waals surface area contributed by atoms with Crippen LogP contribution in [-0.4, -0.2) is 48.7 Å². The molecule has 0 bridgehead atoms. The van der Waals surface area contributed by atoms with E-state index in [4.69, 9.17) is 4.74 Å². The van der Waals surface area contributed by atoms with Gasteiger partial charge in [0, 0.05) is 30.2 Å². The molecule has 1 atom stereocenters. The Labute approximate surface area is 194 Å². The minimum absolute atomic E-state index is 0.0293. The van der Waals surface area contributed by atoms with Crippen LogP contribution in [0.2, 0.25) is 0 Å². The lowest BCUT2D eigenvalue weighted by Gasteiger charge is -2.25. The van der Waals surface area contributed by atoms with Gasteiger partial charge in [-0.05, 0) is 42.7 Å². The number of ether oxygens (including phenoxy) is 1. The summed E-state index contributed by atoms with van der Waals surface area (Å²) in [5, 5.41) is 18.8. The first-order valence-electron chi connectivity index (χ1n) is 10.8. The number of aromatic amines is 1. The predicted octanol–water partition coefficient (Wildman–Crippen LogP) is 3.58. The zero-order chi connectivity index (χ0) is 24.3. The summed E-state index contributed by atoms with van der Waals surface area (Å²) >= 11 is 0. The maximum Gasteiger partial charge on any atom is 0.433 e. The van der Waals surface area contributed by atoms with Crippen molar-refractivity contribution in [2.45, 2.75) is 36.8 Å². The average Bonchev–Trinajstić information content (AvgIpc) is 3.15. The quantitative estimate of drug-likeness (QED) is 0.318. The fraction of sp³-hybridized carbons (Fsp3) is 0.409. The van der Waals surface area contributed by atoms with Gasteiger partial charge < -0.3 is 15.2 Å². The van der Waals surface area contributed by atoms with Gasteiger partial charge in [0.1, 0.15) is 18.1 Å². The number of fused-ring (bicyclic) bond motifs is 1. The lowest BCUT2D eigenvalue weighted by Crippen LogP contribution is -2.33. The molecule has 1 heterocycles. The number of anilines is 1. The van der Waals surface area contributed by atoms with E-state index in [0.29, 0.717) is 36.4 Å². The van der Waals surface area contributed by atoms with E-state index >= 15 is 0 Å². The van der Waals surface area contributed by atoms with Crippen molar-refractivity contribution in [3.05, 3.63) is 53.7 Å². The van der Waals surface area contributed by atoms with Crippen molar-refractivity contribution in [3.63, 3.8) is 0 Å². The molecular formula is C22H25F3N4O4S. The van der Waals surface area contributed by atoms with Crippen LogP contribution < -0.4 is 14.8 Å². The van der Waals surface area contributed by atoms with Crippen LogP contribution in [0.15, 0.2) is 42.5 Å². The van der Waals surface area contributed by atoms with Crippen LogP contribution in [0.3, 0.4) is 0 Å². The van der Waals surface area contributed by atoms with Gasteiger partial charge in [-0.25, -0.2) is 8.42 Å². The molecule has 3 aromatic rings. The summed E-state index contributed by atoms with van der Waals surface area (Å²) < 4.78 is 71.4. The first-order valence-corrected chi connectivity index (χ1v) is 12.4. The summed E-state index contributed by atoms with van der Waals surface area (Å²) in [6, 6.07) is 10.8. The fourth-order valence-electron chi connectivity index (χ4n) is 3.63. The highest BCUT2D eigenvalue weighted by atomic mass is 32.2. The molecule has 0 aliphatic heterocycles. The lowest BCUT2D eigenvalue weighted by atomic mass is 10.0. The Morgan fingerprint density at radius 2 is 2.00 bits per heavy atom. The van der Waals surface area contributed by atoms with Crippen LogP contribution in [0.1, 0.15) is 36.6 Å². The highest BCUT2D eigenvalue weighted by molar-refractivity contribution is 7.93. The molecule has 4 N–H and O–H groups in total. The molecule has 184 valence electrons. The topological polar surface area (TPSA) is 116 Å². The molecule has 1 fully saturated rings. The molecule has 0 spiro atoms. The van der Waals surface area contributed by atoms with Gasteiger partial charge >= 0.3 is 6.18 Å². The molecule has 0 saturated heterocycles. The van der Waals surface area contributed by atoms with Gasteiger partial charge in [-0.15, -0.1) is 0 Å². The minimum Gasteiger partial charge on any atom is -0.492 e. The third-order valence-corrected chi connectivity index (χ3v) is 7.59. The van der Waals surface area contributed by atoms with E-state index in [2.05, 4.69) is 15.1 Å². The van der Waals surface area contributed by atoms with E-state index < -0.39 is 28.0 Å². The van der Waals surface area contributed by atoms with Crippen molar-refractivity contribution in [1.29, 1.82) is 0 Å². The number of nitrogens with one attached hydrogen (secondary N) is 3. The Kier molecular flexibility index (Phi) is 7.01. The van der Waals surface area contributed by atoms with E-state index in [0.717, 1.165) is 6.42 Å². The van der Waals surface area contributed by atoms with E-state index in [1.807, 2.05) is 5.10 Å². The number of sulfonamides is 1. The number of hydrogen-bond acceptors (Lipinski definition) is 6. The van der Waals surface area contributed by atoms with Crippen LogP contribution in [0.25, 0.3) is 10.9 Å². The maximum absolute atomic E-state index is 12.9. The smallest absolute Gasteiger partial charge is 0.433 e. The average molecular weight is 499 g/mol. The lowest BCUT2D eigenvalue weighted by molar-refractivity contribution is -0.139. The zero-order valence-electron chi connectivity index (χ0n) is 18.1. The summed E-state index contributed by atoms with van der Waals surface area (Å²) in [5.41, 5.74) is 0.228. The van der Waals surface area contributed by atoms with Crippen LogP contribution in [-0.2, 0) is 16.2 Å². The Hall–Kier alpha value is -2.83. The molecule has 8 nitrogen and oxygen atoms in total. The Morgan fingerprint density at radius 1 is 1.21 bits per heavy atom. The highest BCUT2D eigenvalue weighted by Gasteiger charge is 2.35. The summed E-state index contributed by atoms with van der Waals surface area (Å²) in [4.78, 5) is 0. The number of aromatic nitrogens is 2. The second-order valence-corrected chi connectivity index (χ2v) is 10.1. The predicted molar refractivity (Wildman–Crippen MR) is 121 cm³/mol. The van der Waals surface area contributed by atoms with Crippen molar-refractivity contribution in [3.8, 4) is 5.75 Å². The molecule has 2 aromatic carbocycles. The van der Waals surface area contributed by atoms with Crippen LogP contribution in [0, 0.1) is 0 Å². The number of H-pyrrole nitrogens is 1. The largest absolute Gasteiger partial charge is 0.492 e. The third-order valence-electron chi connectivity index (χ3n) is 5.72. The molecule has 12 heteroatoms. The van der Waals surface area contributed by atoms with Crippen LogP contribution in [0.5, 0.6) is 5.75 Å². The minimum atomic E-state index is -4.51. The molecule has 0 amide bonds. The van der Waals surface area contributed by atoms with Gasteiger partial charge in [0.25, 0.3) is 0 Å². The molecule has 1 aromatic heterocycles. The molecule has 1 aliphatic carbocycles. The van der Waals surface area contributed by atoms with Crippen LogP contribution >= 0.6 is 0 Å². The standard InChI is InChI=1S/C22H25F3N4O4S/c23-22(24,25)21-18-8-7-16(12-19(18)27-28-21)33-10-9-26-13-20(30)14-3-1-4-15(11-14)29-34(31,32)17-5-2-6-17/h1,3-4,7-8,11-12,17,20,26,29-30H,2,5-6,9-10,13H2,(H,27,28)/t20-/m0/s1. The number of aliphatic hydroxyl groups is 1. The van der Waals surface area contributed by atoms with Crippen molar-refractivity contribution < 1.29 is 31.4 Å². The van der Waals surface area contributed by atoms with E-state index in [-0.39, 0.29) is 29.3 Å². The number of nitrogens with zero attached hydrogens (tertiary/aromatic N) is 1. The fourth-order valence-corrected chi connectivity index (χ4v) is 5.21. The number of rotatable bonds is 10. The second-order valence-electron chi connectivity index (χ2n) is 8.17. The number of aliphatic hydroxyl groups excluding tert-OH is 1. The van der Waals surface area contributed by atoms with Gasteiger partial charge in [-0.3, -0.25) is 9.82 Å². The van der Waals surface area contributed by atoms with Gasteiger partial charge in [0.15, 0.2) is 0 Å². The molecule has 0 unspecified atom stereocenters. The zero-order valence-corrected chi connectivity index (χ0v) is 18.9. The summed E-state index contributed by atoms with van der Waals surface area (Å²) in [7, 11) is -3.42. The van der Waals surface area contributed by atoms with Gasteiger partial charge in [-0.1, -0.05) is 18.6 Å². The second kappa shape index (κ2) is 9.80. The molecule has 1 aliphatic rings. The summed E-state index contributed by atoms with van der Waals surface area (Å²) in [6.45, 7) is 0.795. The number of hydrogen-bond donors (Lipinski definition) is 4. The van der Waals surface area contributed by atoms with Gasteiger partial charge in [-0.2, -0.15) is 18.3 Å². The molecule has 1 saturated carbocycles. The molecular weight excluding hydrogens is 473 g/mol. The first-order chi connectivity index (χ1) is 16.1. The number of halogens is 3. The normalized spacial score (nSPS) is 15.8. The van der Waals surface area contributed by atoms with Crippen LogP contribution in [0.4, 0.5) is 18.9 Å². The Morgan fingerprint density at radius 3 is 2.71 bits per heavy atom. The SMILES string of the molecule is O=S(=O)(Nc1cccc([C@@H](O)CNCCOc2ccc3c(C(F)(F)F)[nH]nc3c2)c1)C1CCC1. The van der Waals surface area contributed by atoms with Crippen molar-refractivity contribution in [2.75, 3.05) is 24.4 Å². The van der Waals surface area contributed by atoms with Crippen molar-refractivity contribution >= 4 is 26.6 Å². The summed E-state index contributed by atoms with van der Waals surface area (Å²) in [5.74, 6) is 0.376. The van der Waals surface area contributed by atoms with Crippen molar-refractivity contribution in [1.82, 2.24) is 15.5 Å². The van der Waals surface area contributed by atoms with E-state index in [1.54, 1.807) is 24.3 Å². The summed E-state index contributed by atoms with van der Waals surface area (Å²) in [6.07, 6.45) is -3.14. The van der Waals surface area contributed by atoms with Crippen molar-refractivity contribution in [2.24, 2.45) is 0 Å². The maximum atomic E-state index is 12.9.